The number of hydrogen-bond donors (Lipinski definition) is 6. The summed E-state index contributed by atoms with van der Waals surface area (Å²) in [6.07, 6.45) is -9.16. The molecule has 270 valence electrons. The number of anilines is 1. The number of carbonyl (C=O) groups is 1. The number of amides is 1. The molecule has 8 atom stereocenters. The van der Waals surface area contributed by atoms with E-state index in [1.807, 2.05) is 0 Å². The second-order valence-corrected chi connectivity index (χ2v) is 14.8. The number of halogens is 2. The number of hydrogen-bond acceptors (Lipinski definition) is 10. The van der Waals surface area contributed by atoms with Crippen molar-refractivity contribution in [2.24, 2.45) is 5.92 Å². The van der Waals surface area contributed by atoms with Crippen LogP contribution in [0.25, 0.3) is 11.1 Å². The summed E-state index contributed by atoms with van der Waals surface area (Å²) in [5.41, 5.74) is 1.86. The fourth-order valence-corrected chi connectivity index (χ4v) is 8.51. The Morgan fingerprint density at radius 2 is 1.37 bits per heavy atom. The van der Waals surface area contributed by atoms with Crippen LogP contribution in [-0.4, -0.2) is 87.8 Å². The van der Waals surface area contributed by atoms with Gasteiger partial charge in [-0.15, -0.1) is 0 Å². The maximum absolute atomic E-state index is 14.4. The van der Waals surface area contributed by atoms with Gasteiger partial charge in [0.05, 0.1) is 35.3 Å². The van der Waals surface area contributed by atoms with Crippen molar-refractivity contribution in [3.05, 3.63) is 114 Å². The molecule has 2 fully saturated rings. The molecular weight excluding hydrogens is 688 g/mol. The highest BCUT2D eigenvalue weighted by molar-refractivity contribution is 7.91. The lowest BCUT2D eigenvalue weighted by Gasteiger charge is -2.48. The number of β-lactam (4-membered cyclic amide) rings is 1. The highest BCUT2D eigenvalue weighted by Gasteiger charge is 2.51. The van der Waals surface area contributed by atoms with Crippen LogP contribution in [-0.2, 0) is 19.4 Å². The van der Waals surface area contributed by atoms with E-state index in [4.69, 9.17) is 4.74 Å². The topological polar surface area (TPSA) is 185 Å². The summed E-state index contributed by atoms with van der Waals surface area (Å²) in [6, 6.07) is 20.0. The van der Waals surface area contributed by atoms with E-state index in [1.165, 1.54) is 59.5 Å². The van der Waals surface area contributed by atoms with Crippen LogP contribution in [0.4, 0.5) is 14.5 Å². The van der Waals surface area contributed by atoms with Gasteiger partial charge in [0.15, 0.2) is 9.84 Å². The Bertz CT molecular complexity index is 1960. The standard InChI is InChI=1S/C37H37F2NO10S/c38-23-6-1-21(2-7-23)29(43)16-15-28-33(40(37(28)47)25-10-8-24(39)9-11-25)27-14-5-22(20-3-12-26(42)13-4-20)17-32(27)51(48,49)19-31-35(45)36(46)34(44)30(18-41)50-31/h1-14,17,28-31,33-36,41-46H,15-16,18-19H2. The Balaban J connectivity index is 1.42. The molecule has 4 aromatic rings. The second-order valence-electron chi connectivity index (χ2n) is 12.8. The zero-order chi connectivity index (χ0) is 36.6. The van der Waals surface area contributed by atoms with Crippen LogP contribution in [0, 0.1) is 17.6 Å². The van der Waals surface area contributed by atoms with Crippen LogP contribution in [0.1, 0.15) is 36.1 Å². The zero-order valence-electron chi connectivity index (χ0n) is 27.0. The van der Waals surface area contributed by atoms with Crippen molar-refractivity contribution in [3.63, 3.8) is 0 Å². The monoisotopic (exact) mass is 725 g/mol. The van der Waals surface area contributed by atoms with E-state index in [0.29, 0.717) is 22.4 Å². The molecule has 2 saturated heterocycles. The van der Waals surface area contributed by atoms with E-state index in [2.05, 4.69) is 0 Å². The smallest absolute Gasteiger partial charge is 0.233 e. The molecule has 8 unspecified atom stereocenters. The molecule has 1 amide bonds. The summed E-state index contributed by atoms with van der Waals surface area (Å²) >= 11 is 0. The normalized spacial score (nSPS) is 25.7. The lowest BCUT2D eigenvalue weighted by Crippen LogP contribution is -2.60. The molecule has 0 aromatic heterocycles. The summed E-state index contributed by atoms with van der Waals surface area (Å²) < 4.78 is 61.8. The molecule has 2 aliphatic rings. The van der Waals surface area contributed by atoms with Gasteiger partial charge in [-0.05, 0) is 89.7 Å². The highest BCUT2D eigenvalue weighted by Crippen LogP contribution is 2.49. The Labute approximate surface area is 292 Å². The number of phenolic OH excluding ortho intramolecular Hbond substituents is 1. The number of rotatable bonds is 11. The van der Waals surface area contributed by atoms with E-state index in [1.54, 1.807) is 24.3 Å². The number of aliphatic hydroxyl groups is 5. The second kappa shape index (κ2) is 14.8. The van der Waals surface area contributed by atoms with Gasteiger partial charge in [0.2, 0.25) is 5.91 Å². The van der Waals surface area contributed by atoms with Gasteiger partial charge in [-0.2, -0.15) is 0 Å². The molecule has 14 heteroatoms. The number of aliphatic hydroxyl groups excluding tert-OH is 5. The average molecular weight is 726 g/mol. The first-order valence-electron chi connectivity index (χ1n) is 16.3. The zero-order valence-corrected chi connectivity index (χ0v) is 27.9. The minimum atomic E-state index is -4.48. The third-order valence-corrected chi connectivity index (χ3v) is 11.4. The minimum Gasteiger partial charge on any atom is -0.508 e. The third-order valence-electron chi connectivity index (χ3n) is 9.57. The van der Waals surface area contributed by atoms with Crippen molar-refractivity contribution in [3.8, 4) is 16.9 Å². The maximum Gasteiger partial charge on any atom is 0.233 e. The summed E-state index contributed by atoms with van der Waals surface area (Å²) in [5, 5.41) is 61.7. The van der Waals surface area contributed by atoms with Crippen molar-refractivity contribution in [2.75, 3.05) is 17.3 Å². The van der Waals surface area contributed by atoms with Gasteiger partial charge < -0.3 is 40.3 Å². The van der Waals surface area contributed by atoms with E-state index >= 15 is 0 Å². The molecule has 0 aliphatic carbocycles. The molecule has 51 heavy (non-hydrogen) atoms. The fraction of sp³-hybridized carbons (Fsp3) is 0.324. The number of benzene rings is 4. The predicted molar refractivity (Wildman–Crippen MR) is 180 cm³/mol. The first-order chi connectivity index (χ1) is 24.3. The van der Waals surface area contributed by atoms with Crippen LogP contribution in [0.15, 0.2) is 95.9 Å². The maximum atomic E-state index is 14.4. The highest BCUT2D eigenvalue weighted by atomic mass is 32.2. The molecule has 2 heterocycles. The molecule has 0 radical (unpaired) electrons. The van der Waals surface area contributed by atoms with Gasteiger partial charge in [-0.3, -0.25) is 4.79 Å². The number of carbonyl (C=O) groups excluding carboxylic acids is 1. The first kappa shape index (κ1) is 36.5. The Hall–Kier alpha value is -4.28. The van der Waals surface area contributed by atoms with E-state index in [0.717, 1.165) is 12.1 Å². The SMILES string of the molecule is O=C1C(CCC(O)c2ccc(F)cc2)C(c2ccc(-c3ccc(O)cc3)cc2S(=O)(=O)CC2OC(CO)C(O)C(O)C2O)N1c1ccc(F)cc1. The number of phenols is 1. The van der Waals surface area contributed by atoms with Crippen molar-refractivity contribution in [1.29, 1.82) is 0 Å². The predicted octanol–water partition coefficient (Wildman–Crippen LogP) is 3.17. The van der Waals surface area contributed by atoms with Crippen LogP contribution < -0.4 is 4.90 Å². The lowest BCUT2D eigenvalue weighted by atomic mass is 9.78. The van der Waals surface area contributed by atoms with Gasteiger partial charge in [0.1, 0.15) is 47.9 Å². The number of sulfone groups is 1. The van der Waals surface area contributed by atoms with Crippen LogP contribution >= 0.6 is 0 Å². The lowest BCUT2D eigenvalue weighted by molar-refractivity contribution is -0.223. The number of nitrogens with zero attached hydrogens (tertiary/aromatic N) is 1. The van der Waals surface area contributed by atoms with Gasteiger partial charge in [-0.25, -0.2) is 17.2 Å². The Morgan fingerprint density at radius 3 is 2.00 bits per heavy atom. The molecule has 0 spiro atoms. The molecule has 2 aliphatic heterocycles. The quantitative estimate of drug-likeness (QED) is 0.126. The Kier molecular flexibility index (Phi) is 10.6. The van der Waals surface area contributed by atoms with Crippen LogP contribution in [0.2, 0.25) is 0 Å². The summed E-state index contributed by atoms with van der Waals surface area (Å²) in [6.45, 7) is -0.759. The number of aromatic hydroxyl groups is 1. The van der Waals surface area contributed by atoms with Gasteiger partial charge in [0, 0.05) is 5.69 Å². The van der Waals surface area contributed by atoms with Crippen LogP contribution in [0.3, 0.4) is 0 Å². The van der Waals surface area contributed by atoms with Crippen molar-refractivity contribution in [1.82, 2.24) is 0 Å². The van der Waals surface area contributed by atoms with E-state index < -0.39 is 88.3 Å². The molecule has 6 N–H and O–H groups in total. The number of ether oxygens (including phenoxy) is 1. The molecular formula is C37H37F2NO10S. The van der Waals surface area contributed by atoms with Crippen molar-refractivity contribution >= 4 is 21.4 Å². The minimum absolute atomic E-state index is 0.0144. The molecule has 6 rings (SSSR count). The van der Waals surface area contributed by atoms with Gasteiger partial charge >= 0.3 is 0 Å². The fourth-order valence-electron chi connectivity index (χ4n) is 6.77. The third kappa shape index (κ3) is 7.39. The summed E-state index contributed by atoms with van der Waals surface area (Å²) in [5.74, 6) is -3.19. The first-order valence-corrected chi connectivity index (χ1v) is 17.9. The summed E-state index contributed by atoms with van der Waals surface area (Å²) in [4.78, 5) is 14.9. The molecule has 0 saturated carbocycles. The largest absolute Gasteiger partial charge is 0.508 e. The van der Waals surface area contributed by atoms with Crippen molar-refractivity contribution < 1.29 is 57.4 Å². The molecule has 4 aromatic carbocycles. The Morgan fingerprint density at radius 1 is 0.784 bits per heavy atom. The van der Waals surface area contributed by atoms with Gasteiger partial charge in [0.25, 0.3) is 0 Å². The molecule has 11 nitrogen and oxygen atoms in total. The van der Waals surface area contributed by atoms with E-state index in [9.17, 15) is 52.6 Å². The average Bonchev–Trinajstić information content (AvgIpc) is 3.12. The van der Waals surface area contributed by atoms with Gasteiger partial charge in [-0.1, -0.05) is 36.4 Å². The molecule has 0 bridgehead atoms. The van der Waals surface area contributed by atoms with E-state index in [-0.39, 0.29) is 29.1 Å². The van der Waals surface area contributed by atoms with Crippen LogP contribution in [0.5, 0.6) is 5.75 Å². The van der Waals surface area contributed by atoms with Crippen molar-refractivity contribution in [2.45, 2.75) is 60.4 Å². The summed E-state index contributed by atoms with van der Waals surface area (Å²) in [7, 11) is -4.48.